The summed E-state index contributed by atoms with van der Waals surface area (Å²) in [6, 6.07) is 7.57. The monoisotopic (exact) mass is 120 g/mol. The van der Waals surface area contributed by atoms with Crippen LogP contribution in [0.3, 0.4) is 0 Å². The number of para-hydroxylation sites is 1. The molecule has 1 rings (SSSR count). The van der Waals surface area contributed by atoms with Crippen molar-refractivity contribution in [1.82, 2.24) is 0 Å². The van der Waals surface area contributed by atoms with Gasteiger partial charge in [-0.25, -0.2) is 5.53 Å². The molecule has 1 aromatic rings. The average molecular weight is 120 g/mol. The van der Waals surface area contributed by atoms with E-state index in [1.165, 1.54) is 0 Å². The van der Waals surface area contributed by atoms with Crippen molar-refractivity contribution in [3.63, 3.8) is 0 Å². The van der Waals surface area contributed by atoms with E-state index in [9.17, 15) is 0 Å². The molecule has 0 atom stereocenters. The van der Waals surface area contributed by atoms with Gasteiger partial charge in [0.05, 0.1) is 5.69 Å². The van der Waals surface area contributed by atoms with E-state index >= 15 is 0 Å². The Kier molecular flexibility index (Phi) is 1.58. The molecule has 0 spiro atoms. The first-order valence-electron chi connectivity index (χ1n) is 2.77. The molecule has 0 radical (unpaired) electrons. The fourth-order valence-corrected chi connectivity index (χ4v) is 0.689. The van der Waals surface area contributed by atoms with Gasteiger partial charge in [0.15, 0.2) is 0 Å². The fraction of sp³-hybridized carbons (Fsp3) is 0.143. The zero-order valence-electron chi connectivity index (χ0n) is 5.26. The van der Waals surface area contributed by atoms with Gasteiger partial charge < -0.3 is 0 Å². The SMILES string of the molecule is Cc1ccccc1N=N. The highest BCUT2D eigenvalue weighted by Crippen LogP contribution is 2.15. The second kappa shape index (κ2) is 2.40. The maximum atomic E-state index is 6.71. The van der Waals surface area contributed by atoms with Crippen LogP contribution in [0.1, 0.15) is 5.56 Å². The van der Waals surface area contributed by atoms with Crippen LogP contribution in [0.15, 0.2) is 29.4 Å². The van der Waals surface area contributed by atoms with Gasteiger partial charge in [-0.15, -0.1) is 0 Å². The Morgan fingerprint density at radius 3 is 2.44 bits per heavy atom. The maximum Gasteiger partial charge on any atom is 0.0879 e. The standard InChI is InChI=1S/C7H8N2/c1-6-4-2-3-5-7(6)9-8/h2-5,8H,1H3. The van der Waals surface area contributed by atoms with E-state index in [4.69, 9.17) is 5.53 Å². The zero-order chi connectivity index (χ0) is 6.69. The minimum Gasteiger partial charge on any atom is -0.204 e. The molecule has 0 unspecified atom stereocenters. The third-order valence-electron chi connectivity index (χ3n) is 1.24. The minimum absolute atomic E-state index is 0.748. The van der Waals surface area contributed by atoms with Crippen LogP contribution in [0.5, 0.6) is 0 Å². The lowest BCUT2D eigenvalue weighted by Crippen LogP contribution is -1.68. The van der Waals surface area contributed by atoms with Crippen LogP contribution in [0.25, 0.3) is 0 Å². The highest BCUT2D eigenvalue weighted by molar-refractivity contribution is 5.43. The number of aryl methyl sites for hydroxylation is 1. The predicted molar refractivity (Wildman–Crippen MR) is 36.0 cm³/mol. The Labute approximate surface area is 54.0 Å². The Morgan fingerprint density at radius 1 is 1.33 bits per heavy atom. The second-order valence-corrected chi connectivity index (χ2v) is 1.90. The van der Waals surface area contributed by atoms with Crippen LogP contribution in [-0.2, 0) is 0 Å². The molecule has 0 aliphatic heterocycles. The molecule has 0 fully saturated rings. The first-order valence-corrected chi connectivity index (χ1v) is 2.77. The van der Waals surface area contributed by atoms with Crippen LogP contribution in [0.2, 0.25) is 0 Å². The summed E-state index contributed by atoms with van der Waals surface area (Å²) in [5.41, 5.74) is 8.51. The zero-order valence-corrected chi connectivity index (χ0v) is 5.26. The van der Waals surface area contributed by atoms with Crippen molar-refractivity contribution in [2.24, 2.45) is 5.11 Å². The summed E-state index contributed by atoms with van der Waals surface area (Å²) >= 11 is 0. The van der Waals surface area contributed by atoms with Crippen LogP contribution in [0.4, 0.5) is 5.69 Å². The van der Waals surface area contributed by atoms with Crippen molar-refractivity contribution < 1.29 is 0 Å². The van der Waals surface area contributed by atoms with Gasteiger partial charge in [0.25, 0.3) is 0 Å². The molecule has 1 N–H and O–H groups in total. The molecule has 9 heavy (non-hydrogen) atoms. The Bertz CT molecular complexity index is 218. The van der Waals surface area contributed by atoms with E-state index in [1.54, 1.807) is 0 Å². The molecule has 2 heteroatoms. The molecule has 0 aliphatic carbocycles. The average Bonchev–Trinajstić information content (AvgIpc) is 1.89. The number of nitrogens with one attached hydrogen (secondary N) is 1. The van der Waals surface area contributed by atoms with E-state index in [0.29, 0.717) is 0 Å². The van der Waals surface area contributed by atoms with Gasteiger partial charge in [-0.05, 0) is 18.6 Å². The van der Waals surface area contributed by atoms with E-state index in [1.807, 2.05) is 31.2 Å². The second-order valence-electron chi connectivity index (χ2n) is 1.90. The summed E-state index contributed by atoms with van der Waals surface area (Å²) < 4.78 is 0. The summed E-state index contributed by atoms with van der Waals surface area (Å²) in [6.07, 6.45) is 0. The number of benzene rings is 1. The highest BCUT2D eigenvalue weighted by Gasteiger charge is 1.89. The maximum absolute atomic E-state index is 6.71. The number of hydrogen-bond acceptors (Lipinski definition) is 2. The Morgan fingerprint density at radius 2 is 2.00 bits per heavy atom. The molecule has 46 valence electrons. The van der Waals surface area contributed by atoms with Gasteiger partial charge in [0, 0.05) is 0 Å². The molecule has 0 saturated carbocycles. The molecule has 0 aliphatic rings. The van der Waals surface area contributed by atoms with Crippen molar-refractivity contribution >= 4 is 5.69 Å². The lowest BCUT2D eigenvalue weighted by Gasteiger charge is -1.92. The minimum atomic E-state index is 0.748. The van der Waals surface area contributed by atoms with Crippen molar-refractivity contribution in [2.75, 3.05) is 0 Å². The highest BCUT2D eigenvalue weighted by atomic mass is 15.0. The smallest absolute Gasteiger partial charge is 0.0879 e. The van der Waals surface area contributed by atoms with Crippen molar-refractivity contribution in [1.29, 1.82) is 5.53 Å². The third-order valence-corrected chi connectivity index (χ3v) is 1.24. The fourth-order valence-electron chi connectivity index (χ4n) is 0.689. The van der Waals surface area contributed by atoms with Gasteiger partial charge in [-0.3, -0.25) is 0 Å². The quantitative estimate of drug-likeness (QED) is 0.553. The Hall–Kier alpha value is -1.18. The molecule has 0 aromatic heterocycles. The normalized spacial score (nSPS) is 9.00. The van der Waals surface area contributed by atoms with Gasteiger partial charge in [0.1, 0.15) is 0 Å². The number of nitrogens with zero attached hydrogens (tertiary/aromatic N) is 1. The van der Waals surface area contributed by atoms with Crippen LogP contribution >= 0.6 is 0 Å². The molecular formula is C7H8N2. The van der Waals surface area contributed by atoms with Crippen LogP contribution < -0.4 is 0 Å². The third kappa shape index (κ3) is 1.13. The summed E-state index contributed by atoms with van der Waals surface area (Å²) in [6.45, 7) is 1.94. The molecule has 0 heterocycles. The first-order chi connectivity index (χ1) is 4.34. The van der Waals surface area contributed by atoms with Gasteiger partial charge in [-0.1, -0.05) is 18.2 Å². The lowest BCUT2D eigenvalue weighted by molar-refractivity contribution is 1.13. The first kappa shape index (κ1) is 5.95. The molecule has 2 nitrogen and oxygen atoms in total. The van der Waals surface area contributed by atoms with E-state index < -0.39 is 0 Å². The molecule has 1 aromatic carbocycles. The largest absolute Gasteiger partial charge is 0.204 e. The molecule has 0 saturated heterocycles. The summed E-state index contributed by atoms with van der Waals surface area (Å²) in [7, 11) is 0. The van der Waals surface area contributed by atoms with E-state index in [0.717, 1.165) is 11.3 Å². The van der Waals surface area contributed by atoms with Gasteiger partial charge in [-0.2, -0.15) is 5.11 Å². The lowest BCUT2D eigenvalue weighted by atomic mass is 10.2. The van der Waals surface area contributed by atoms with Crippen LogP contribution in [0, 0.1) is 12.5 Å². The molecule has 0 amide bonds. The summed E-state index contributed by atoms with van der Waals surface area (Å²) in [4.78, 5) is 0. The number of hydrogen-bond donors (Lipinski definition) is 1. The summed E-state index contributed by atoms with van der Waals surface area (Å²) in [5.74, 6) is 0. The van der Waals surface area contributed by atoms with Crippen molar-refractivity contribution in [3.05, 3.63) is 29.8 Å². The number of rotatable bonds is 1. The summed E-state index contributed by atoms with van der Waals surface area (Å²) in [5, 5.41) is 3.32. The van der Waals surface area contributed by atoms with Crippen LogP contribution in [-0.4, -0.2) is 0 Å². The van der Waals surface area contributed by atoms with E-state index in [2.05, 4.69) is 5.11 Å². The molecule has 0 bridgehead atoms. The van der Waals surface area contributed by atoms with Crippen molar-refractivity contribution in [3.8, 4) is 0 Å². The predicted octanol–water partition coefficient (Wildman–Crippen LogP) is 2.66. The van der Waals surface area contributed by atoms with Gasteiger partial charge in [0.2, 0.25) is 0 Å². The topological polar surface area (TPSA) is 36.2 Å². The van der Waals surface area contributed by atoms with E-state index in [-0.39, 0.29) is 0 Å². The van der Waals surface area contributed by atoms with Gasteiger partial charge >= 0.3 is 0 Å². The molecular weight excluding hydrogens is 112 g/mol. The Balaban J connectivity index is 3.15. The van der Waals surface area contributed by atoms with Crippen molar-refractivity contribution in [2.45, 2.75) is 6.92 Å².